The summed E-state index contributed by atoms with van der Waals surface area (Å²) in [5, 5.41) is 9.03. The summed E-state index contributed by atoms with van der Waals surface area (Å²) in [6, 6.07) is 21.6. The van der Waals surface area contributed by atoms with Gasteiger partial charge in [0.25, 0.3) is 0 Å². The molecule has 0 bridgehead atoms. The number of carboxylic acids is 1. The van der Waals surface area contributed by atoms with Crippen LogP contribution < -0.4 is 0 Å². The number of nitrogens with zero attached hydrogens (tertiary/aromatic N) is 2. The van der Waals surface area contributed by atoms with Crippen molar-refractivity contribution < 1.29 is 9.90 Å². The monoisotopic (exact) mass is 396 g/mol. The van der Waals surface area contributed by atoms with Crippen LogP contribution in [0.4, 0.5) is 0 Å². The molecule has 2 aromatic carbocycles. The van der Waals surface area contributed by atoms with Crippen molar-refractivity contribution >= 4 is 30.8 Å². The second kappa shape index (κ2) is 10.5. The van der Waals surface area contributed by atoms with Crippen molar-refractivity contribution in [3.05, 3.63) is 71.8 Å². The van der Waals surface area contributed by atoms with Gasteiger partial charge >= 0.3 is 5.97 Å². The van der Waals surface area contributed by atoms with Crippen LogP contribution in [-0.2, 0) is 4.79 Å². The molecular formula is C20H26Cl2N2O2. The molecule has 0 aliphatic carbocycles. The predicted molar refractivity (Wildman–Crippen MR) is 109 cm³/mol. The van der Waals surface area contributed by atoms with Crippen LogP contribution >= 0.6 is 24.8 Å². The minimum Gasteiger partial charge on any atom is -0.480 e. The zero-order valence-corrected chi connectivity index (χ0v) is 16.5. The highest BCUT2D eigenvalue weighted by Gasteiger charge is 2.31. The van der Waals surface area contributed by atoms with Crippen molar-refractivity contribution in [2.45, 2.75) is 19.0 Å². The third kappa shape index (κ3) is 5.45. The molecule has 26 heavy (non-hydrogen) atoms. The molecule has 1 fully saturated rings. The molecule has 2 aromatic rings. The highest BCUT2D eigenvalue weighted by Crippen LogP contribution is 2.31. The van der Waals surface area contributed by atoms with Crippen molar-refractivity contribution in [2.75, 3.05) is 26.2 Å². The normalized spacial score (nSPS) is 18.0. The Balaban J connectivity index is 0.00000169. The van der Waals surface area contributed by atoms with E-state index in [1.54, 1.807) is 0 Å². The van der Waals surface area contributed by atoms with Gasteiger partial charge in [-0.2, -0.15) is 0 Å². The second-order valence-corrected chi connectivity index (χ2v) is 6.44. The van der Waals surface area contributed by atoms with Gasteiger partial charge in [-0.05, 0) is 18.1 Å². The number of piperazine rings is 1. The van der Waals surface area contributed by atoms with Crippen LogP contribution in [0.2, 0.25) is 0 Å². The van der Waals surface area contributed by atoms with E-state index < -0.39 is 5.97 Å². The number of aliphatic carboxylic acids is 1. The van der Waals surface area contributed by atoms with Gasteiger partial charge in [-0.1, -0.05) is 60.7 Å². The minimum atomic E-state index is -0.752. The van der Waals surface area contributed by atoms with Crippen molar-refractivity contribution in [2.24, 2.45) is 0 Å². The number of carboxylic acid groups (broad SMARTS) is 1. The van der Waals surface area contributed by atoms with Gasteiger partial charge in [-0.15, -0.1) is 24.8 Å². The third-order valence-corrected chi connectivity index (χ3v) is 4.68. The Kier molecular flexibility index (Phi) is 9.09. The maximum absolute atomic E-state index is 11.0. The molecule has 1 aliphatic rings. The zero-order chi connectivity index (χ0) is 16.9. The Morgan fingerprint density at radius 1 is 1.00 bits per heavy atom. The number of benzene rings is 2. The predicted octanol–water partition coefficient (Wildman–Crippen LogP) is 3.71. The van der Waals surface area contributed by atoms with E-state index in [0.29, 0.717) is 6.04 Å². The quantitative estimate of drug-likeness (QED) is 0.836. The molecule has 0 radical (unpaired) electrons. The Labute approximate surface area is 167 Å². The van der Waals surface area contributed by atoms with E-state index in [4.69, 9.17) is 5.11 Å². The fourth-order valence-corrected chi connectivity index (χ4v) is 3.61. The van der Waals surface area contributed by atoms with Gasteiger partial charge in [-0.3, -0.25) is 14.6 Å². The van der Waals surface area contributed by atoms with E-state index in [2.05, 4.69) is 60.4 Å². The maximum atomic E-state index is 11.0. The number of halogens is 2. The summed E-state index contributed by atoms with van der Waals surface area (Å²) in [7, 11) is 0. The number of rotatable bonds is 5. The van der Waals surface area contributed by atoms with Crippen LogP contribution in [0.5, 0.6) is 0 Å². The molecule has 1 N–H and O–H groups in total. The van der Waals surface area contributed by atoms with E-state index >= 15 is 0 Å². The molecule has 4 nitrogen and oxygen atoms in total. The van der Waals surface area contributed by atoms with Crippen molar-refractivity contribution in [3.63, 3.8) is 0 Å². The molecule has 1 atom stereocenters. The lowest BCUT2D eigenvalue weighted by Gasteiger charge is -2.44. The SMILES string of the molecule is C[C@@H]1CN(CC(=O)O)CCN1C(c1ccccc1)c1ccccc1.Cl.Cl. The number of hydrogen-bond donors (Lipinski definition) is 1. The Morgan fingerprint density at radius 2 is 1.50 bits per heavy atom. The molecular weight excluding hydrogens is 371 g/mol. The lowest BCUT2D eigenvalue weighted by molar-refractivity contribution is -0.139. The second-order valence-electron chi connectivity index (χ2n) is 6.44. The molecule has 0 unspecified atom stereocenters. The van der Waals surface area contributed by atoms with Crippen molar-refractivity contribution in [1.29, 1.82) is 0 Å². The molecule has 3 rings (SSSR count). The highest BCUT2D eigenvalue weighted by molar-refractivity contribution is 5.85. The number of carbonyl (C=O) groups is 1. The third-order valence-electron chi connectivity index (χ3n) is 4.68. The van der Waals surface area contributed by atoms with E-state index in [-0.39, 0.29) is 37.4 Å². The summed E-state index contributed by atoms with van der Waals surface area (Å²) in [5.74, 6) is -0.752. The Hall–Kier alpha value is -1.59. The van der Waals surface area contributed by atoms with Gasteiger partial charge < -0.3 is 5.11 Å². The van der Waals surface area contributed by atoms with E-state index in [1.807, 2.05) is 17.0 Å². The fourth-order valence-electron chi connectivity index (χ4n) is 3.61. The molecule has 1 saturated heterocycles. The van der Waals surface area contributed by atoms with Crippen LogP contribution in [-0.4, -0.2) is 53.1 Å². The highest BCUT2D eigenvalue weighted by atomic mass is 35.5. The fraction of sp³-hybridized carbons (Fsp3) is 0.350. The van der Waals surface area contributed by atoms with E-state index in [9.17, 15) is 4.79 Å². The van der Waals surface area contributed by atoms with Gasteiger partial charge in [0, 0.05) is 25.7 Å². The van der Waals surface area contributed by atoms with E-state index in [0.717, 1.165) is 19.6 Å². The maximum Gasteiger partial charge on any atom is 0.317 e. The first-order valence-electron chi connectivity index (χ1n) is 8.45. The van der Waals surface area contributed by atoms with Crippen LogP contribution in [0.25, 0.3) is 0 Å². The smallest absolute Gasteiger partial charge is 0.317 e. The van der Waals surface area contributed by atoms with Crippen molar-refractivity contribution in [1.82, 2.24) is 9.80 Å². The lowest BCUT2D eigenvalue weighted by atomic mass is 9.95. The first kappa shape index (κ1) is 22.5. The Morgan fingerprint density at radius 3 is 1.92 bits per heavy atom. The zero-order valence-electron chi connectivity index (χ0n) is 14.8. The van der Waals surface area contributed by atoms with Crippen LogP contribution in [0, 0.1) is 0 Å². The minimum absolute atomic E-state index is 0. The first-order valence-corrected chi connectivity index (χ1v) is 8.45. The van der Waals surface area contributed by atoms with Gasteiger partial charge in [0.1, 0.15) is 0 Å². The van der Waals surface area contributed by atoms with Crippen LogP contribution in [0.15, 0.2) is 60.7 Å². The first-order chi connectivity index (χ1) is 11.6. The average Bonchev–Trinajstić information content (AvgIpc) is 2.58. The standard InChI is InChI=1S/C20H24N2O2.2ClH/c1-16-14-21(15-19(23)24)12-13-22(16)20(17-8-4-2-5-9-17)18-10-6-3-7-11-18;;/h2-11,16,20H,12-15H2,1H3,(H,23,24);2*1H/t16-;;/m1../s1. The largest absolute Gasteiger partial charge is 0.480 e. The summed E-state index contributed by atoms with van der Waals surface area (Å²) in [6.45, 7) is 4.74. The molecule has 6 heteroatoms. The molecule has 1 aliphatic heterocycles. The van der Waals surface area contributed by atoms with E-state index in [1.165, 1.54) is 11.1 Å². The molecule has 0 saturated carbocycles. The summed E-state index contributed by atoms with van der Waals surface area (Å²) in [5.41, 5.74) is 2.56. The molecule has 142 valence electrons. The Bertz CT molecular complexity index is 631. The lowest BCUT2D eigenvalue weighted by Crippen LogP contribution is -2.54. The average molecular weight is 397 g/mol. The number of hydrogen-bond acceptors (Lipinski definition) is 3. The summed E-state index contributed by atoms with van der Waals surface area (Å²) >= 11 is 0. The van der Waals surface area contributed by atoms with Gasteiger partial charge in [0.15, 0.2) is 0 Å². The van der Waals surface area contributed by atoms with Crippen molar-refractivity contribution in [3.8, 4) is 0 Å². The van der Waals surface area contributed by atoms with Crippen LogP contribution in [0.1, 0.15) is 24.1 Å². The van der Waals surface area contributed by atoms with Gasteiger partial charge in [0.05, 0.1) is 12.6 Å². The van der Waals surface area contributed by atoms with Crippen LogP contribution in [0.3, 0.4) is 0 Å². The molecule has 0 aromatic heterocycles. The van der Waals surface area contributed by atoms with Gasteiger partial charge in [-0.25, -0.2) is 0 Å². The summed E-state index contributed by atoms with van der Waals surface area (Å²) in [4.78, 5) is 15.5. The molecule has 0 spiro atoms. The molecule has 0 amide bonds. The summed E-state index contributed by atoms with van der Waals surface area (Å²) < 4.78 is 0. The topological polar surface area (TPSA) is 43.8 Å². The van der Waals surface area contributed by atoms with Gasteiger partial charge in [0.2, 0.25) is 0 Å². The molecule has 1 heterocycles. The summed E-state index contributed by atoms with van der Waals surface area (Å²) in [6.07, 6.45) is 0.